The van der Waals surface area contributed by atoms with Crippen molar-refractivity contribution in [2.24, 2.45) is 5.10 Å². The van der Waals surface area contributed by atoms with Gasteiger partial charge in [-0.15, -0.1) is 0 Å². The number of hydrogen-bond acceptors (Lipinski definition) is 5. The molecule has 0 unspecified atom stereocenters. The molecular formula is C19H22N4O3. The van der Waals surface area contributed by atoms with Gasteiger partial charge in [-0.3, -0.25) is 14.6 Å². The van der Waals surface area contributed by atoms with E-state index in [0.29, 0.717) is 17.8 Å². The summed E-state index contributed by atoms with van der Waals surface area (Å²) in [5.41, 5.74) is 4.52. The maximum absolute atomic E-state index is 11.9. The highest BCUT2D eigenvalue weighted by Gasteiger charge is 2.06. The highest BCUT2D eigenvalue weighted by Crippen LogP contribution is 2.11. The predicted molar refractivity (Wildman–Crippen MR) is 99.1 cm³/mol. The first-order valence-electron chi connectivity index (χ1n) is 8.21. The first-order valence-corrected chi connectivity index (χ1v) is 8.21. The van der Waals surface area contributed by atoms with Crippen molar-refractivity contribution in [2.45, 2.75) is 19.8 Å². The summed E-state index contributed by atoms with van der Waals surface area (Å²) in [5, 5.41) is 6.79. The quantitative estimate of drug-likeness (QED) is 0.560. The van der Waals surface area contributed by atoms with Crippen LogP contribution in [0.5, 0.6) is 5.75 Å². The van der Waals surface area contributed by atoms with Crippen LogP contribution in [0.4, 0.5) is 0 Å². The smallest absolute Gasteiger partial charge is 0.271 e. The van der Waals surface area contributed by atoms with E-state index in [2.05, 4.69) is 20.8 Å². The maximum Gasteiger partial charge on any atom is 0.271 e. The molecule has 0 aliphatic heterocycles. The number of pyridine rings is 1. The number of carbonyl (C=O) groups excluding carboxylic acids is 2. The summed E-state index contributed by atoms with van der Waals surface area (Å²) >= 11 is 0. The predicted octanol–water partition coefficient (Wildman–Crippen LogP) is 1.94. The number of carbonyl (C=O) groups is 2. The second-order valence-electron chi connectivity index (χ2n) is 5.65. The average molecular weight is 354 g/mol. The standard InChI is InChI=1S/C19H22N4O3/c1-14(22-23-19(25)16-8-10-20-11-9-16)13-18(24)21-12-7-15-3-5-17(26-2)6-4-15/h3-6,8-11H,7,12-13H2,1-2H3,(H,21,24)(H,23,25)/b22-14+. The van der Waals surface area contributed by atoms with Gasteiger partial charge in [0.05, 0.1) is 13.5 Å². The van der Waals surface area contributed by atoms with Crippen LogP contribution in [0.15, 0.2) is 53.9 Å². The van der Waals surface area contributed by atoms with Gasteiger partial charge < -0.3 is 10.1 Å². The van der Waals surface area contributed by atoms with Crippen LogP contribution in [0.1, 0.15) is 29.3 Å². The zero-order valence-electron chi connectivity index (χ0n) is 14.9. The van der Waals surface area contributed by atoms with E-state index in [-0.39, 0.29) is 18.2 Å². The molecule has 2 N–H and O–H groups in total. The number of nitrogens with one attached hydrogen (secondary N) is 2. The Morgan fingerprint density at radius 2 is 1.81 bits per heavy atom. The molecule has 26 heavy (non-hydrogen) atoms. The number of hydrogen-bond donors (Lipinski definition) is 2. The molecule has 136 valence electrons. The lowest BCUT2D eigenvalue weighted by atomic mass is 10.1. The Hall–Kier alpha value is -3.22. The number of rotatable bonds is 8. The normalized spacial score (nSPS) is 10.9. The number of benzene rings is 1. The molecule has 0 saturated carbocycles. The first-order chi connectivity index (χ1) is 12.6. The molecule has 1 aromatic carbocycles. The van der Waals surface area contributed by atoms with Gasteiger partial charge in [0.25, 0.3) is 5.91 Å². The van der Waals surface area contributed by atoms with Gasteiger partial charge in [0.2, 0.25) is 5.91 Å². The van der Waals surface area contributed by atoms with Gasteiger partial charge in [0.1, 0.15) is 5.75 Å². The Balaban J connectivity index is 1.71. The van der Waals surface area contributed by atoms with Crippen LogP contribution in [0, 0.1) is 0 Å². The minimum atomic E-state index is -0.341. The molecule has 0 atom stereocenters. The van der Waals surface area contributed by atoms with Crippen molar-refractivity contribution >= 4 is 17.5 Å². The molecule has 2 amide bonds. The van der Waals surface area contributed by atoms with Gasteiger partial charge in [-0.25, -0.2) is 5.43 Å². The largest absolute Gasteiger partial charge is 0.497 e. The van der Waals surface area contributed by atoms with Gasteiger partial charge in [0.15, 0.2) is 0 Å². The summed E-state index contributed by atoms with van der Waals surface area (Å²) < 4.78 is 5.11. The van der Waals surface area contributed by atoms with Crippen LogP contribution in [-0.2, 0) is 11.2 Å². The Bertz CT molecular complexity index is 758. The Kier molecular flexibility index (Phi) is 7.30. The molecule has 7 nitrogen and oxygen atoms in total. The monoisotopic (exact) mass is 354 g/mol. The third-order valence-electron chi connectivity index (χ3n) is 3.60. The third kappa shape index (κ3) is 6.35. The number of methoxy groups -OCH3 is 1. The molecule has 1 heterocycles. The summed E-state index contributed by atoms with van der Waals surface area (Å²) in [5.74, 6) is 0.322. The molecule has 0 aliphatic rings. The number of nitrogens with zero attached hydrogens (tertiary/aromatic N) is 2. The Labute approximate surface area is 152 Å². The van der Waals surface area contributed by atoms with Gasteiger partial charge in [-0.05, 0) is 43.2 Å². The first kappa shape index (κ1) is 19.1. The summed E-state index contributed by atoms with van der Waals surface area (Å²) in [4.78, 5) is 27.6. The molecule has 7 heteroatoms. The van der Waals surface area contributed by atoms with Gasteiger partial charge in [-0.2, -0.15) is 5.10 Å². The van der Waals surface area contributed by atoms with Crippen molar-refractivity contribution in [3.05, 3.63) is 59.9 Å². The maximum atomic E-state index is 11.9. The fourth-order valence-corrected chi connectivity index (χ4v) is 2.19. The fourth-order valence-electron chi connectivity index (χ4n) is 2.19. The molecular weight excluding hydrogens is 332 g/mol. The van der Waals surface area contributed by atoms with Crippen molar-refractivity contribution in [3.63, 3.8) is 0 Å². The molecule has 0 saturated heterocycles. The molecule has 2 rings (SSSR count). The van der Waals surface area contributed by atoms with Crippen molar-refractivity contribution in [2.75, 3.05) is 13.7 Å². The topological polar surface area (TPSA) is 92.7 Å². The van der Waals surface area contributed by atoms with Gasteiger partial charge >= 0.3 is 0 Å². The zero-order valence-corrected chi connectivity index (χ0v) is 14.9. The van der Waals surface area contributed by atoms with E-state index in [1.54, 1.807) is 26.2 Å². The zero-order chi connectivity index (χ0) is 18.8. The molecule has 0 aliphatic carbocycles. The lowest BCUT2D eigenvalue weighted by Gasteiger charge is -2.06. The molecule has 1 aromatic heterocycles. The van der Waals surface area contributed by atoms with Crippen LogP contribution in [0.2, 0.25) is 0 Å². The molecule has 2 aromatic rings. The molecule has 0 bridgehead atoms. The highest BCUT2D eigenvalue weighted by molar-refractivity contribution is 6.01. The number of hydrazone groups is 1. The lowest BCUT2D eigenvalue weighted by Crippen LogP contribution is -2.28. The van der Waals surface area contributed by atoms with E-state index < -0.39 is 0 Å². The van der Waals surface area contributed by atoms with E-state index in [0.717, 1.165) is 17.7 Å². The Morgan fingerprint density at radius 3 is 2.46 bits per heavy atom. The van der Waals surface area contributed by atoms with Crippen LogP contribution in [0.3, 0.4) is 0 Å². The van der Waals surface area contributed by atoms with Gasteiger partial charge in [0, 0.05) is 30.2 Å². The highest BCUT2D eigenvalue weighted by atomic mass is 16.5. The second kappa shape index (κ2) is 9.93. The van der Waals surface area contributed by atoms with E-state index in [1.165, 1.54) is 12.4 Å². The van der Waals surface area contributed by atoms with Crippen LogP contribution < -0.4 is 15.5 Å². The number of ether oxygens (including phenoxy) is 1. The molecule has 0 spiro atoms. The molecule has 0 fully saturated rings. The van der Waals surface area contributed by atoms with Crippen molar-refractivity contribution in [3.8, 4) is 5.75 Å². The van der Waals surface area contributed by atoms with Crippen molar-refractivity contribution in [1.29, 1.82) is 0 Å². The fraction of sp³-hybridized carbons (Fsp3) is 0.263. The summed E-state index contributed by atoms with van der Waals surface area (Å²) in [6.07, 6.45) is 3.91. The van der Waals surface area contributed by atoms with E-state index in [4.69, 9.17) is 4.74 Å². The van der Waals surface area contributed by atoms with E-state index in [9.17, 15) is 9.59 Å². The minimum absolute atomic E-state index is 0.124. The Morgan fingerprint density at radius 1 is 1.12 bits per heavy atom. The van der Waals surface area contributed by atoms with Crippen LogP contribution in [0.25, 0.3) is 0 Å². The van der Waals surface area contributed by atoms with E-state index >= 15 is 0 Å². The molecule has 0 radical (unpaired) electrons. The van der Waals surface area contributed by atoms with Gasteiger partial charge in [-0.1, -0.05) is 12.1 Å². The summed E-state index contributed by atoms with van der Waals surface area (Å²) in [6, 6.07) is 10.9. The summed E-state index contributed by atoms with van der Waals surface area (Å²) in [6.45, 7) is 2.22. The van der Waals surface area contributed by atoms with Crippen molar-refractivity contribution in [1.82, 2.24) is 15.7 Å². The number of aromatic nitrogens is 1. The van der Waals surface area contributed by atoms with Crippen LogP contribution >= 0.6 is 0 Å². The van der Waals surface area contributed by atoms with Crippen LogP contribution in [-0.4, -0.2) is 36.2 Å². The SMILES string of the molecule is COc1ccc(CCNC(=O)C/C(C)=N/NC(=O)c2ccncc2)cc1. The average Bonchev–Trinajstić information content (AvgIpc) is 2.67. The second-order valence-corrected chi connectivity index (χ2v) is 5.65. The lowest BCUT2D eigenvalue weighted by molar-refractivity contribution is -0.119. The van der Waals surface area contributed by atoms with Crippen molar-refractivity contribution < 1.29 is 14.3 Å². The summed E-state index contributed by atoms with van der Waals surface area (Å²) in [7, 11) is 1.62. The number of amides is 2. The van der Waals surface area contributed by atoms with E-state index in [1.807, 2.05) is 24.3 Å². The third-order valence-corrected chi connectivity index (χ3v) is 3.60. The minimum Gasteiger partial charge on any atom is -0.497 e.